The Balaban J connectivity index is 1.98. The molecular weight excluding hydrogens is 267 g/mol. The molecule has 0 aliphatic carbocycles. The van der Waals surface area contributed by atoms with E-state index >= 15 is 0 Å². The maximum absolute atomic E-state index is 13.8. The Morgan fingerprint density at radius 1 is 1.05 bits per heavy atom. The van der Waals surface area contributed by atoms with Gasteiger partial charge in [0.2, 0.25) is 0 Å². The summed E-state index contributed by atoms with van der Waals surface area (Å²) in [6, 6.07) is 7.82. The molecule has 0 amide bonds. The van der Waals surface area contributed by atoms with Crippen molar-refractivity contribution in [2.45, 2.75) is 12.0 Å². The minimum atomic E-state index is -1.22. The molecule has 2 aromatic carbocycles. The Kier molecular flexibility index (Phi) is 3.14. The highest BCUT2D eigenvalue weighted by Gasteiger charge is 2.31. The van der Waals surface area contributed by atoms with E-state index in [1.807, 2.05) is 18.2 Å². The summed E-state index contributed by atoms with van der Waals surface area (Å²) < 4.78 is 45.5. The molecule has 104 valence electrons. The van der Waals surface area contributed by atoms with Crippen LogP contribution in [0.4, 0.5) is 13.2 Å². The summed E-state index contributed by atoms with van der Waals surface area (Å²) in [5, 5.41) is 0. The zero-order valence-corrected chi connectivity index (χ0v) is 10.4. The number of benzene rings is 2. The van der Waals surface area contributed by atoms with Gasteiger partial charge in [0.1, 0.15) is 11.6 Å². The van der Waals surface area contributed by atoms with Crippen LogP contribution < -0.4 is 10.5 Å². The molecule has 0 fully saturated rings. The minimum Gasteiger partial charge on any atom is -0.493 e. The number of halogens is 3. The van der Waals surface area contributed by atoms with E-state index in [0.717, 1.165) is 11.6 Å². The topological polar surface area (TPSA) is 35.2 Å². The van der Waals surface area contributed by atoms with Crippen molar-refractivity contribution >= 4 is 0 Å². The predicted octanol–water partition coefficient (Wildman–Crippen LogP) is 3.28. The fraction of sp³-hybridized carbons (Fsp3) is 0.200. The molecule has 1 aliphatic rings. The lowest BCUT2D eigenvalue weighted by Crippen LogP contribution is -2.22. The van der Waals surface area contributed by atoms with Crippen LogP contribution in [-0.4, -0.2) is 6.61 Å². The van der Waals surface area contributed by atoms with Gasteiger partial charge < -0.3 is 10.5 Å². The highest BCUT2D eigenvalue weighted by molar-refractivity contribution is 5.42. The Morgan fingerprint density at radius 2 is 1.75 bits per heavy atom. The number of nitrogens with two attached hydrogens (primary N) is 1. The third-order valence-corrected chi connectivity index (χ3v) is 3.57. The molecule has 5 heteroatoms. The van der Waals surface area contributed by atoms with E-state index in [4.69, 9.17) is 10.5 Å². The molecule has 0 saturated carbocycles. The standard InChI is InChI=1S/C15H12F3NO/c16-11-6-13(18)12(17)5-9(11)15(19)10-7-20-14-4-2-1-3-8(10)14/h1-6,10,15H,7,19H2. The van der Waals surface area contributed by atoms with Crippen LogP contribution >= 0.6 is 0 Å². The lowest BCUT2D eigenvalue weighted by Gasteiger charge is -2.19. The molecule has 2 nitrogen and oxygen atoms in total. The van der Waals surface area contributed by atoms with E-state index in [2.05, 4.69) is 0 Å². The maximum atomic E-state index is 13.8. The second-order valence-corrected chi connectivity index (χ2v) is 4.77. The van der Waals surface area contributed by atoms with Gasteiger partial charge in [-0.2, -0.15) is 0 Å². The number of rotatable bonds is 2. The van der Waals surface area contributed by atoms with Gasteiger partial charge in [0.25, 0.3) is 0 Å². The lowest BCUT2D eigenvalue weighted by atomic mass is 9.89. The van der Waals surface area contributed by atoms with Crippen LogP contribution in [-0.2, 0) is 0 Å². The highest BCUT2D eigenvalue weighted by atomic mass is 19.2. The quantitative estimate of drug-likeness (QED) is 0.856. The monoisotopic (exact) mass is 279 g/mol. The van der Waals surface area contributed by atoms with Gasteiger partial charge in [-0.25, -0.2) is 13.2 Å². The number of para-hydroxylation sites is 1. The summed E-state index contributed by atoms with van der Waals surface area (Å²) >= 11 is 0. The van der Waals surface area contributed by atoms with Crippen LogP contribution in [0.15, 0.2) is 36.4 Å². The molecule has 20 heavy (non-hydrogen) atoms. The van der Waals surface area contributed by atoms with Gasteiger partial charge in [-0.05, 0) is 12.1 Å². The van der Waals surface area contributed by atoms with Crippen LogP contribution in [0.3, 0.4) is 0 Å². The third kappa shape index (κ3) is 2.04. The van der Waals surface area contributed by atoms with Crippen LogP contribution in [0.1, 0.15) is 23.1 Å². The van der Waals surface area contributed by atoms with Gasteiger partial charge in [-0.3, -0.25) is 0 Å². The van der Waals surface area contributed by atoms with Crippen molar-refractivity contribution in [3.05, 3.63) is 65.0 Å². The van der Waals surface area contributed by atoms with Gasteiger partial charge in [0.15, 0.2) is 11.6 Å². The second-order valence-electron chi connectivity index (χ2n) is 4.77. The molecule has 2 aromatic rings. The highest BCUT2D eigenvalue weighted by Crippen LogP contribution is 2.40. The summed E-state index contributed by atoms with van der Waals surface area (Å²) in [6.07, 6.45) is 0. The van der Waals surface area contributed by atoms with Crippen LogP contribution in [0.2, 0.25) is 0 Å². The van der Waals surface area contributed by atoms with Gasteiger partial charge in [-0.1, -0.05) is 18.2 Å². The normalized spacial score (nSPS) is 18.5. The molecule has 0 saturated heterocycles. The molecular formula is C15H12F3NO. The van der Waals surface area contributed by atoms with Crippen molar-refractivity contribution < 1.29 is 17.9 Å². The Hall–Kier alpha value is -2.01. The van der Waals surface area contributed by atoms with Gasteiger partial charge >= 0.3 is 0 Å². The van der Waals surface area contributed by atoms with Crippen molar-refractivity contribution in [3.8, 4) is 5.75 Å². The first-order chi connectivity index (χ1) is 9.58. The van der Waals surface area contributed by atoms with Crippen molar-refractivity contribution in [2.75, 3.05) is 6.61 Å². The zero-order valence-electron chi connectivity index (χ0n) is 10.4. The second kappa shape index (κ2) is 4.83. The largest absolute Gasteiger partial charge is 0.493 e. The summed E-state index contributed by atoms with van der Waals surface area (Å²) in [5.74, 6) is -2.77. The van der Waals surface area contributed by atoms with E-state index in [9.17, 15) is 13.2 Å². The summed E-state index contributed by atoms with van der Waals surface area (Å²) in [7, 11) is 0. The smallest absolute Gasteiger partial charge is 0.161 e. The van der Waals surface area contributed by atoms with Crippen molar-refractivity contribution in [1.29, 1.82) is 0 Å². The first kappa shape index (κ1) is 13.0. The number of hydrogen-bond donors (Lipinski definition) is 1. The third-order valence-electron chi connectivity index (χ3n) is 3.57. The average molecular weight is 279 g/mol. The molecule has 0 spiro atoms. The number of fused-ring (bicyclic) bond motifs is 1. The maximum Gasteiger partial charge on any atom is 0.161 e. The SMILES string of the molecule is NC(c1cc(F)c(F)cc1F)C1COc2ccccc21. The fourth-order valence-corrected chi connectivity index (χ4v) is 2.49. The van der Waals surface area contributed by atoms with Crippen LogP contribution in [0, 0.1) is 17.5 Å². The van der Waals surface area contributed by atoms with Crippen molar-refractivity contribution in [2.24, 2.45) is 5.73 Å². The molecule has 0 bridgehead atoms. The molecule has 0 radical (unpaired) electrons. The molecule has 0 aromatic heterocycles. The summed E-state index contributed by atoms with van der Waals surface area (Å²) in [6.45, 7) is 0.291. The van der Waals surface area contributed by atoms with E-state index in [1.165, 1.54) is 0 Å². The molecule has 2 unspecified atom stereocenters. The number of hydrogen-bond acceptors (Lipinski definition) is 2. The van der Waals surface area contributed by atoms with Crippen molar-refractivity contribution in [1.82, 2.24) is 0 Å². The molecule has 2 N–H and O–H groups in total. The average Bonchev–Trinajstić information content (AvgIpc) is 2.86. The van der Waals surface area contributed by atoms with Gasteiger partial charge in [-0.15, -0.1) is 0 Å². The molecule has 3 rings (SSSR count). The summed E-state index contributed by atoms with van der Waals surface area (Å²) in [5.41, 5.74) is 6.83. The molecule has 1 aliphatic heterocycles. The minimum absolute atomic E-state index is 0.0470. The van der Waals surface area contributed by atoms with E-state index in [1.54, 1.807) is 6.07 Å². The van der Waals surface area contributed by atoms with E-state index in [-0.39, 0.29) is 11.5 Å². The van der Waals surface area contributed by atoms with E-state index in [0.29, 0.717) is 18.4 Å². The Bertz CT molecular complexity index is 660. The van der Waals surface area contributed by atoms with Crippen LogP contribution in [0.5, 0.6) is 5.75 Å². The summed E-state index contributed by atoms with van der Waals surface area (Å²) in [4.78, 5) is 0. The Labute approximate surface area is 114 Å². The Morgan fingerprint density at radius 3 is 2.55 bits per heavy atom. The fourth-order valence-electron chi connectivity index (χ4n) is 2.49. The molecule has 1 heterocycles. The van der Waals surface area contributed by atoms with Gasteiger partial charge in [0, 0.05) is 29.2 Å². The lowest BCUT2D eigenvalue weighted by molar-refractivity contribution is 0.313. The van der Waals surface area contributed by atoms with E-state index < -0.39 is 23.5 Å². The first-order valence-electron chi connectivity index (χ1n) is 6.19. The van der Waals surface area contributed by atoms with Crippen LogP contribution in [0.25, 0.3) is 0 Å². The first-order valence-corrected chi connectivity index (χ1v) is 6.19. The van der Waals surface area contributed by atoms with Crippen molar-refractivity contribution in [3.63, 3.8) is 0 Å². The predicted molar refractivity (Wildman–Crippen MR) is 67.9 cm³/mol. The number of ether oxygens (including phenoxy) is 1. The van der Waals surface area contributed by atoms with Gasteiger partial charge in [0.05, 0.1) is 6.61 Å². The zero-order chi connectivity index (χ0) is 14.3. The molecule has 2 atom stereocenters.